The second-order valence-corrected chi connectivity index (χ2v) is 13.2. The lowest BCUT2D eigenvalue weighted by Crippen LogP contribution is -2.63. The van der Waals surface area contributed by atoms with Gasteiger partial charge in [0.05, 0.1) is 19.4 Å². The van der Waals surface area contributed by atoms with Crippen LogP contribution in [0.5, 0.6) is 5.75 Å². The summed E-state index contributed by atoms with van der Waals surface area (Å²) in [5, 5.41) is 37.1. The fourth-order valence-corrected chi connectivity index (χ4v) is 8.36. The van der Waals surface area contributed by atoms with Gasteiger partial charge >= 0.3 is 19.1 Å². The van der Waals surface area contributed by atoms with Gasteiger partial charge in [-0.05, 0) is 66.1 Å². The molecule has 3 N–H and O–H groups in total. The Bertz CT molecular complexity index is 1350. The molecule has 0 unspecified atom stereocenters. The number of hydrazone groups is 1. The van der Waals surface area contributed by atoms with E-state index in [1.807, 2.05) is 20.8 Å². The number of Topliss-reactive ketones (excluding diaryl/α,β-unsaturated/α-hetero) is 1. The molecule has 232 valence electrons. The highest BCUT2D eigenvalue weighted by Gasteiger charge is 2.70. The molecule has 9 atom stereocenters. The van der Waals surface area contributed by atoms with Crippen LogP contribution >= 0.6 is 0 Å². The van der Waals surface area contributed by atoms with Gasteiger partial charge in [0.25, 0.3) is 0 Å². The molecule has 1 aliphatic heterocycles. The van der Waals surface area contributed by atoms with Crippen molar-refractivity contribution in [3.63, 3.8) is 0 Å². The van der Waals surface area contributed by atoms with Crippen LogP contribution < -0.4 is 10.2 Å². The number of carbonyl (C=O) groups excluding carboxylic acids is 3. The van der Waals surface area contributed by atoms with Gasteiger partial charge in [0, 0.05) is 16.7 Å². The first-order chi connectivity index (χ1) is 20.2. The number of aliphatic hydroxyl groups excluding tert-OH is 2. The van der Waals surface area contributed by atoms with Gasteiger partial charge in [0.2, 0.25) is 0 Å². The molecular formula is C31H41BN2O9. The first-order valence-corrected chi connectivity index (χ1v) is 14.8. The number of ether oxygens (including phenoxy) is 3. The second-order valence-electron chi connectivity index (χ2n) is 13.2. The largest absolute Gasteiger partial charge is 0.482 e. The molecule has 0 radical (unpaired) electrons. The Hall–Kier alpha value is -3.22. The predicted molar refractivity (Wildman–Crippen MR) is 157 cm³/mol. The number of ketones is 1. The topological polar surface area (TPSA) is 155 Å². The molecule has 3 saturated carbocycles. The number of nitrogens with zero attached hydrogens (tertiary/aromatic N) is 2. The van der Waals surface area contributed by atoms with Crippen molar-refractivity contribution in [2.24, 2.45) is 39.1 Å². The van der Waals surface area contributed by atoms with Gasteiger partial charge in [-0.1, -0.05) is 39.8 Å². The number of aliphatic hydroxyl groups is 2. The summed E-state index contributed by atoms with van der Waals surface area (Å²) < 4.78 is 16.6. The molecule has 1 aromatic carbocycles. The Kier molecular flexibility index (Phi) is 8.02. The van der Waals surface area contributed by atoms with E-state index in [9.17, 15) is 29.6 Å². The number of carbonyl (C=O) groups is 3. The summed E-state index contributed by atoms with van der Waals surface area (Å²) in [5.74, 6) is -1.52. The number of methoxy groups -OCH3 is 1. The lowest BCUT2D eigenvalue weighted by atomic mass is 9.44. The molecule has 12 heteroatoms. The van der Waals surface area contributed by atoms with Crippen LogP contribution in [-0.4, -0.2) is 83.3 Å². The minimum atomic E-state index is -1.41. The van der Waals surface area contributed by atoms with Crippen molar-refractivity contribution in [2.45, 2.75) is 71.7 Å². The molecule has 3 fully saturated rings. The van der Waals surface area contributed by atoms with Gasteiger partial charge < -0.3 is 29.4 Å². The molecule has 3 aliphatic carbocycles. The number of benzene rings is 1. The van der Waals surface area contributed by atoms with Crippen molar-refractivity contribution in [1.29, 1.82) is 0 Å². The Morgan fingerprint density at radius 2 is 1.95 bits per heavy atom. The molecule has 1 aromatic rings. The summed E-state index contributed by atoms with van der Waals surface area (Å²) >= 11 is 0. The Morgan fingerprint density at radius 3 is 2.63 bits per heavy atom. The monoisotopic (exact) mass is 596 g/mol. The number of amides is 1. The molecule has 2 bridgehead atoms. The first kappa shape index (κ1) is 31.2. The van der Waals surface area contributed by atoms with Gasteiger partial charge in [-0.2, -0.15) is 5.10 Å². The maximum Gasteiger partial charge on any atom is 0.478 e. The van der Waals surface area contributed by atoms with Gasteiger partial charge in [-0.3, -0.25) is 4.79 Å². The number of fused-ring (bicyclic) bond motifs is 1. The van der Waals surface area contributed by atoms with E-state index in [0.717, 1.165) is 11.3 Å². The Balaban J connectivity index is 1.41. The zero-order chi connectivity index (χ0) is 31.5. The Morgan fingerprint density at radius 1 is 1.23 bits per heavy atom. The van der Waals surface area contributed by atoms with E-state index in [0.29, 0.717) is 17.4 Å². The molecule has 4 aliphatic rings. The van der Waals surface area contributed by atoms with E-state index in [4.69, 9.17) is 9.47 Å². The SMILES string of the molecule is C=C[C@]1(C)C[C@@H](OC(=O)COc2ccc3c(c2)B(O)N(C(=O)OC)N=C3)[C@]2(C)[C@H](C)CC[C@]3(C[C@H](O)C(=O)[C@H]32)[C@@H](C)[C@@H]1O. The van der Waals surface area contributed by atoms with Crippen molar-refractivity contribution in [3.05, 3.63) is 36.4 Å². The summed E-state index contributed by atoms with van der Waals surface area (Å²) in [7, 11) is -0.227. The molecule has 0 spiro atoms. The van der Waals surface area contributed by atoms with Crippen LogP contribution in [0.3, 0.4) is 0 Å². The summed E-state index contributed by atoms with van der Waals surface area (Å²) in [6.07, 6.45) is 1.50. The maximum atomic E-state index is 13.6. The third-order valence-electron chi connectivity index (χ3n) is 11.2. The number of rotatable bonds is 5. The molecule has 43 heavy (non-hydrogen) atoms. The zero-order valence-electron chi connectivity index (χ0n) is 25.4. The van der Waals surface area contributed by atoms with Crippen LogP contribution in [0.1, 0.15) is 58.9 Å². The van der Waals surface area contributed by atoms with Crippen LogP contribution in [0.4, 0.5) is 4.79 Å². The van der Waals surface area contributed by atoms with E-state index in [-0.39, 0.29) is 36.2 Å². The smallest absolute Gasteiger partial charge is 0.478 e. The van der Waals surface area contributed by atoms with Crippen molar-refractivity contribution < 1.29 is 43.8 Å². The Labute approximate surface area is 252 Å². The lowest BCUT2D eigenvalue weighted by molar-refractivity contribution is -0.207. The highest BCUT2D eigenvalue weighted by Crippen LogP contribution is 2.68. The standard InChI is InChI=1S/C31H41BN2O9/c1-7-29(4)14-23(30(5)17(2)10-11-31(18(3)27(29)38)13-22(35)25(37)26(30)31)43-24(36)16-42-20-9-8-19-15-33-34(28(39)41-6)32(40)21(19)12-20/h7-9,12,15,17-18,22-23,26-27,35,38,40H,1,10-11,13-14,16H2,2-6H3/t17-,18+,22+,23-,26+,27+,29-,30+,31+/m1/s1. The van der Waals surface area contributed by atoms with E-state index in [2.05, 4.69) is 23.3 Å². The minimum absolute atomic E-state index is 0.00310. The molecule has 5 rings (SSSR count). The van der Waals surface area contributed by atoms with Crippen LogP contribution in [-0.2, 0) is 19.1 Å². The van der Waals surface area contributed by atoms with Gasteiger partial charge in [-0.15, -0.1) is 6.58 Å². The number of esters is 1. The second kappa shape index (κ2) is 11.1. The van der Waals surface area contributed by atoms with Crippen molar-refractivity contribution in [1.82, 2.24) is 4.92 Å². The third kappa shape index (κ3) is 4.78. The van der Waals surface area contributed by atoms with E-state index in [1.165, 1.54) is 19.4 Å². The first-order valence-electron chi connectivity index (χ1n) is 14.8. The van der Waals surface area contributed by atoms with Crippen LogP contribution in [0.25, 0.3) is 0 Å². The predicted octanol–water partition coefficient (Wildman–Crippen LogP) is 2.05. The molecular weight excluding hydrogens is 555 g/mol. The van der Waals surface area contributed by atoms with E-state index < -0.39 is 66.2 Å². The highest BCUT2D eigenvalue weighted by atomic mass is 16.6. The zero-order valence-corrected chi connectivity index (χ0v) is 25.4. The van der Waals surface area contributed by atoms with E-state index in [1.54, 1.807) is 18.2 Å². The maximum absolute atomic E-state index is 13.6. The molecule has 11 nitrogen and oxygen atoms in total. The van der Waals surface area contributed by atoms with Crippen molar-refractivity contribution in [3.8, 4) is 5.75 Å². The average molecular weight is 596 g/mol. The highest BCUT2D eigenvalue weighted by molar-refractivity contribution is 6.67. The quantitative estimate of drug-likeness (QED) is 0.263. The normalized spacial score (nSPS) is 38.4. The van der Waals surface area contributed by atoms with Crippen LogP contribution in [0.15, 0.2) is 36.0 Å². The average Bonchev–Trinajstić information content (AvgIpc) is 3.27. The van der Waals surface area contributed by atoms with E-state index >= 15 is 0 Å². The number of hydrogen-bond donors (Lipinski definition) is 3. The molecule has 0 saturated heterocycles. The van der Waals surface area contributed by atoms with Crippen LogP contribution in [0, 0.1) is 34.0 Å². The van der Waals surface area contributed by atoms with Gasteiger partial charge in [-0.25, -0.2) is 14.5 Å². The van der Waals surface area contributed by atoms with Crippen molar-refractivity contribution >= 4 is 36.6 Å². The minimum Gasteiger partial charge on any atom is -0.482 e. The fraction of sp³-hybridized carbons (Fsp3) is 0.613. The van der Waals surface area contributed by atoms with Gasteiger partial charge in [0.1, 0.15) is 18.0 Å². The molecule has 0 aromatic heterocycles. The van der Waals surface area contributed by atoms with Crippen molar-refractivity contribution in [2.75, 3.05) is 13.7 Å². The summed E-state index contributed by atoms with van der Waals surface area (Å²) in [6.45, 7) is 11.5. The lowest BCUT2D eigenvalue weighted by Gasteiger charge is -2.61. The van der Waals surface area contributed by atoms with Gasteiger partial charge in [0.15, 0.2) is 12.4 Å². The van der Waals surface area contributed by atoms with Crippen LogP contribution in [0.2, 0.25) is 0 Å². The summed E-state index contributed by atoms with van der Waals surface area (Å²) in [6, 6.07) is 4.76. The summed E-state index contributed by atoms with van der Waals surface area (Å²) in [4.78, 5) is 39.8. The number of hydrogen-bond acceptors (Lipinski definition) is 10. The molecule has 1 heterocycles. The summed E-state index contributed by atoms with van der Waals surface area (Å²) in [5.41, 5.74) is -1.34. The fourth-order valence-electron chi connectivity index (χ4n) is 8.36. The molecule has 1 amide bonds. The third-order valence-corrected chi connectivity index (χ3v) is 11.2.